The fourth-order valence-electron chi connectivity index (χ4n) is 1.76. The Morgan fingerprint density at radius 3 is 2.50 bits per heavy atom. The Hall–Kier alpha value is -2.11. The molecule has 1 N–H and O–H groups in total. The standard InChI is InChI=1S/C13H8Cl2N4O/c14-8-1-4-10(5-2-8)16-13(20)19-12-6-3-9(15)7-11(12)17-18-19/h1-7H,(H,16,20). The summed E-state index contributed by atoms with van der Waals surface area (Å²) in [5.41, 5.74) is 1.77. The van der Waals surface area contributed by atoms with Crippen molar-refractivity contribution in [1.82, 2.24) is 15.0 Å². The SMILES string of the molecule is O=C(Nc1ccc(Cl)cc1)n1nnc2cc(Cl)ccc21. The van der Waals surface area contributed by atoms with Gasteiger partial charge in [0.15, 0.2) is 0 Å². The third-order valence-corrected chi connectivity index (χ3v) is 3.18. The van der Waals surface area contributed by atoms with Crippen molar-refractivity contribution in [3.63, 3.8) is 0 Å². The number of rotatable bonds is 1. The van der Waals surface area contributed by atoms with Crippen LogP contribution in [0.4, 0.5) is 10.5 Å². The number of nitrogens with zero attached hydrogens (tertiary/aromatic N) is 3. The number of benzene rings is 2. The molecule has 0 saturated heterocycles. The largest absolute Gasteiger partial charge is 0.348 e. The molecule has 1 aromatic heterocycles. The van der Waals surface area contributed by atoms with Crippen LogP contribution >= 0.6 is 23.2 Å². The number of carbonyl (C=O) groups is 1. The molecule has 0 aliphatic rings. The Morgan fingerprint density at radius 1 is 1.05 bits per heavy atom. The highest BCUT2D eigenvalue weighted by Gasteiger charge is 2.12. The monoisotopic (exact) mass is 306 g/mol. The molecule has 2 aromatic carbocycles. The molecule has 3 rings (SSSR count). The Morgan fingerprint density at radius 2 is 1.75 bits per heavy atom. The minimum Gasteiger partial charge on any atom is -0.306 e. The summed E-state index contributed by atoms with van der Waals surface area (Å²) in [6.45, 7) is 0. The van der Waals surface area contributed by atoms with Gasteiger partial charge >= 0.3 is 6.03 Å². The molecule has 0 spiro atoms. The number of hydrogen-bond acceptors (Lipinski definition) is 3. The first-order chi connectivity index (χ1) is 9.63. The van der Waals surface area contributed by atoms with Gasteiger partial charge in [-0.05, 0) is 42.5 Å². The van der Waals surface area contributed by atoms with Gasteiger partial charge in [0.25, 0.3) is 0 Å². The van der Waals surface area contributed by atoms with Gasteiger partial charge in [-0.2, -0.15) is 4.68 Å². The van der Waals surface area contributed by atoms with E-state index in [2.05, 4.69) is 15.6 Å². The first-order valence-corrected chi connectivity index (χ1v) is 6.47. The lowest BCUT2D eigenvalue weighted by Crippen LogP contribution is -2.20. The molecule has 3 aromatic rings. The van der Waals surface area contributed by atoms with Crippen molar-refractivity contribution in [3.05, 3.63) is 52.5 Å². The van der Waals surface area contributed by atoms with Gasteiger partial charge in [0.05, 0.1) is 5.52 Å². The Balaban J connectivity index is 1.91. The highest BCUT2D eigenvalue weighted by atomic mass is 35.5. The molecule has 0 saturated carbocycles. The highest BCUT2D eigenvalue weighted by molar-refractivity contribution is 6.31. The van der Waals surface area contributed by atoms with Gasteiger partial charge < -0.3 is 5.32 Å². The second-order valence-corrected chi connectivity index (χ2v) is 4.94. The van der Waals surface area contributed by atoms with E-state index in [1.54, 1.807) is 42.5 Å². The highest BCUT2D eigenvalue weighted by Crippen LogP contribution is 2.18. The molecule has 1 heterocycles. The third kappa shape index (κ3) is 2.45. The quantitative estimate of drug-likeness (QED) is 0.743. The number of amides is 1. The Kier molecular flexibility index (Phi) is 3.30. The van der Waals surface area contributed by atoms with Crippen molar-refractivity contribution in [2.45, 2.75) is 0 Å². The van der Waals surface area contributed by atoms with E-state index in [0.29, 0.717) is 26.8 Å². The van der Waals surface area contributed by atoms with Crippen LogP contribution in [0.5, 0.6) is 0 Å². The molecule has 0 radical (unpaired) electrons. The van der Waals surface area contributed by atoms with Gasteiger partial charge in [0.2, 0.25) is 0 Å². The summed E-state index contributed by atoms with van der Waals surface area (Å²) in [6, 6.07) is 11.4. The van der Waals surface area contributed by atoms with Crippen LogP contribution in [0, 0.1) is 0 Å². The van der Waals surface area contributed by atoms with Crippen LogP contribution in [0.3, 0.4) is 0 Å². The van der Waals surface area contributed by atoms with Crippen molar-refractivity contribution in [3.8, 4) is 0 Å². The molecule has 0 aliphatic heterocycles. The molecular weight excluding hydrogens is 299 g/mol. The molecule has 0 aliphatic carbocycles. The first-order valence-electron chi connectivity index (χ1n) is 5.71. The lowest BCUT2D eigenvalue weighted by molar-refractivity contribution is 0.251. The summed E-state index contributed by atoms with van der Waals surface area (Å²) < 4.78 is 1.18. The van der Waals surface area contributed by atoms with Crippen LogP contribution in [0.25, 0.3) is 11.0 Å². The number of nitrogens with one attached hydrogen (secondary N) is 1. The van der Waals surface area contributed by atoms with Crippen LogP contribution in [-0.2, 0) is 0 Å². The Labute approximate surface area is 124 Å². The average Bonchev–Trinajstić information content (AvgIpc) is 2.84. The van der Waals surface area contributed by atoms with Crippen molar-refractivity contribution in [1.29, 1.82) is 0 Å². The molecule has 1 amide bonds. The van der Waals surface area contributed by atoms with Crippen LogP contribution in [0.15, 0.2) is 42.5 Å². The number of anilines is 1. The third-order valence-electron chi connectivity index (χ3n) is 2.70. The van der Waals surface area contributed by atoms with Gasteiger partial charge in [-0.1, -0.05) is 28.4 Å². The molecule has 20 heavy (non-hydrogen) atoms. The second kappa shape index (κ2) is 5.11. The zero-order valence-corrected chi connectivity index (χ0v) is 11.6. The van der Waals surface area contributed by atoms with Crippen molar-refractivity contribution >= 4 is 46.0 Å². The van der Waals surface area contributed by atoms with Crippen LogP contribution in [0.2, 0.25) is 10.0 Å². The molecule has 5 nitrogen and oxygen atoms in total. The average molecular weight is 307 g/mol. The molecule has 0 fully saturated rings. The predicted octanol–water partition coefficient (Wildman–Crippen LogP) is 3.82. The summed E-state index contributed by atoms with van der Waals surface area (Å²) in [7, 11) is 0. The second-order valence-electron chi connectivity index (χ2n) is 4.07. The number of fused-ring (bicyclic) bond motifs is 1. The number of aromatic nitrogens is 3. The first kappa shape index (κ1) is 12.9. The van der Waals surface area contributed by atoms with Gasteiger partial charge in [-0.15, -0.1) is 5.10 Å². The van der Waals surface area contributed by atoms with Gasteiger partial charge in [0, 0.05) is 15.7 Å². The molecule has 0 atom stereocenters. The van der Waals surface area contributed by atoms with E-state index in [4.69, 9.17) is 23.2 Å². The maximum atomic E-state index is 12.1. The normalized spacial score (nSPS) is 10.7. The summed E-state index contributed by atoms with van der Waals surface area (Å²) in [5, 5.41) is 11.6. The molecular formula is C13H8Cl2N4O. The molecule has 0 bridgehead atoms. The minimum atomic E-state index is -0.405. The van der Waals surface area contributed by atoms with Gasteiger partial charge in [-0.3, -0.25) is 0 Å². The summed E-state index contributed by atoms with van der Waals surface area (Å²) in [4.78, 5) is 12.1. The minimum absolute atomic E-state index is 0.405. The number of hydrogen-bond donors (Lipinski definition) is 1. The molecule has 0 unspecified atom stereocenters. The van der Waals surface area contributed by atoms with E-state index in [0.717, 1.165) is 0 Å². The summed E-state index contributed by atoms with van der Waals surface area (Å²) in [5.74, 6) is 0. The fraction of sp³-hybridized carbons (Fsp3) is 0. The lowest BCUT2D eigenvalue weighted by Gasteiger charge is -2.05. The van der Waals surface area contributed by atoms with Crippen molar-refractivity contribution < 1.29 is 4.79 Å². The number of carbonyl (C=O) groups excluding carboxylic acids is 1. The number of halogens is 2. The zero-order chi connectivity index (χ0) is 14.1. The van der Waals surface area contributed by atoms with E-state index < -0.39 is 6.03 Å². The van der Waals surface area contributed by atoms with Gasteiger partial charge in [-0.25, -0.2) is 4.79 Å². The predicted molar refractivity (Wildman–Crippen MR) is 78.4 cm³/mol. The fourth-order valence-corrected chi connectivity index (χ4v) is 2.05. The van der Waals surface area contributed by atoms with E-state index in [1.807, 2.05) is 0 Å². The summed E-state index contributed by atoms with van der Waals surface area (Å²) in [6.07, 6.45) is 0. The van der Waals surface area contributed by atoms with Gasteiger partial charge in [0.1, 0.15) is 5.52 Å². The smallest absolute Gasteiger partial charge is 0.306 e. The van der Waals surface area contributed by atoms with E-state index in [1.165, 1.54) is 4.68 Å². The van der Waals surface area contributed by atoms with Crippen LogP contribution in [0.1, 0.15) is 0 Å². The van der Waals surface area contributed by atoms with E-state index in [9.17, 15) is 4.79 Å². The topological polar surface area (TPSA) is 59.8 Å². The maximum absolute atomic E-state index is 12.1. The molecule has 7 heteroatoms. The Bertz CT molecular complexity index is 783. The van der Waals surface area contributed by atoms with E-state index >= 15 is 0 Å². The summed E-state index contributed by atoms with van der Waals surface area (Å²) >= 11 is 11.6. The lowest BCUT2D eigenvalue weighted by atomic mass is 10.3. The van der Waals surface area contributed by atoms with Crippen LogP contribution < -0.4 is 5.32 Å². The van der Waals surface area contributed by atoms with Crippen molar-refractivity contribution in [2.75, 3.05) is 5.32 Å². The van der Waals surface area contributed by atoms with E-state index in [-0.39, 0.29) is 0 Å². The van der Waals surface area contributed by atoms with Crippen LogP contribution in [-0.4, -0.2) is 21.0 Å². The molecule has 100 valence electrons. The maximum Gasteiger partial charge on any atom is 0.348 e. The van der Waals surface area contributed by atoms with Crippen molar-refractivity contribution in [2.24, 2.45) is 0 Å². The zero-order valence-electron chi connectivity index (χ0n) is 10.0.